The van der Waals surface area contributed by atoms with Crippen molar-refractivity contribution in [2.45, 2.75) is 12.7 Å². The average molecular weight is 435 g/mol. The Hall–Kier alpha value is -4.29. The predicted octanol–water partition coefficient (Wildman–Crippen LogP) is 3.38. The highest BCUT2D eigenvalue weighted by Crippen LogP contribution is 2.36. The molecule has 0 fully saturated rings. The van der Waals surface area contributed by atoms with Crippen molar-refractivity contribution in [3.63, 3.8) is 0 Å². The van der Waals surface area contributed by atoms with E-state index in [1.807, 2.05) is 0 Å². The lowest BCUT2D eigenvalue weighted by Gasteiger charge is -2.17. The second kappa shape index (κ2) is 7.85. The topological polar surface area (TPSA) is 147 Å². The molecule has 0 radical (unpaired) electrons. The van der Waals surface area contributed by atoms with Gasteiger partial charge in [0.1, 0.15) is 5.69 Å². The minimum Gasteiger partial charge on any atom is -0.392 e. The summed E-state index contributed by atoms with van der Waals surface area (Å²) in [5.41, 5.74) is -0.301. The van der Waals surface area contributed by atoms with E-state index in [0.29, 0.717) is 11.6 Å². The van der Waals surface area contributed by atoms with Crippen molar-refractivity contribution in [2.24, 2.45) is 0 Å². The predicted molar refractivity (Wildman–Crippen MR) is 102 cm³/mol. The summed E-state index contributed by atoms with van der Waals surface area (Å²) in [5, 5.41) is 22.5. The number of halogens is 3. The Morgan fingerprint density at radius 1 is 1.03 bits per heavy atom. The van der Waals surface area contributed by atoms with Crippen molar-refractivity contribution in [1.29, 1.82) is 0 Å². The molecule has 1 heterocycles. The van der Waals surface area contributed by atoms with Crippen LogP contribution >= 0.6 is 0 Å². The van der Waals surface area contributed by atoms with Gasteiger partial charge in [0, 0.05) is 6.07 Å². The first-order valence-electron chi connectivity index (χ1n) is 8.45. The van der Waals surface area contributed by atoms with E-state index >= 15 is 0 Å². The van der Waals surface area contributed by atoms with Crippen LogP contribution in [-0.4, -0.2) is 19.4 Å². The Balaban J connectivity index is 2.37. The van der Waals surface area contributed by atoms with Gasteiger partial charge in [0.25, 0.3) is 16.9 Å². The Morgan fingerprint density at radius 2 is 1.68 bits per heavy atom. The quantitative estimate of drug-likeness (QED) is 0.477. The molecule has 10 nitrogen and oxygen atoms in total. The molecular weight excluding hydrogens is 423 g/mol. The molecule has 0 aliphatic carbocycles. The van der Waals surface area contributed by atoms with E-state index in [1.165, 1.54) is 0 Å². The van der Waals surface area contributed by atoms with Crippen LogP contribution in [0.2, 0.25) is 0 Å². The Bertz CT molecular complexity index is 1240. The van der Waals surface area contributed by atoms with Crippen LogP contribution in [0.4, 0.5) is 30.2 Å². The van der Waals surface area contributed by atoms with Gasteiger partial charge in [-0.2, -0.15) is 13.2 Å². The molecule has 2 aromatic carbocycles. The lowest BCUT2D eigenvalue weighted by atomic mass is 10.1. The zero-order valence-corrected chi connectivity index (χ0v) is 15.4. The minimum absolute atomic E-state index is 0.293. The number of nitrogens with two attached hydrogens (primary N) is 1. The number of aromatic nitrogens is 2. The lowest BCUT2D eigenvalue weighted by molar-refractivity contribution is -0.393. The van der Waals surface area contributed by atoms with E-state index in [-0.39, 0.29) is 6.54 Å². The van der Waals surface area contributed by atoms with Crippen molar-refractivity contribution in [1.82, 2.24) is 9.55 Å². The summed E-state index contributed by atoms with van der Waals surface area (Å²) < 4.78 is 41.0. The first-order chi connectivity index (χ1) is 14.5. The number of nitrogen functional groups attached to an aromatic ring is 1. The maximum absolute atomic E-state index is 13.4. The largest absolute Gasteiger partial charge is 0.435 e. The van der Waals surface area contributed by atoms with Crippen LogP contribution in [-0.2, 0) is 12.7 Å². The maximum Gasteiger partial charge on any atom is 0.435 e. The smallest absolute Gasteiger partial charge is 0.392 e. The lowest BCUT2D eigenvalue weighted by Crippen LogP contribution is -2.30. The van der Waals surface area contributed by atoms with Crippen molar-refractivity contribution < 1.29 is 23.0 Å². The molecule has 3 aromatic rings. The molecule has 13 heteroatoms. The maximum atomic E-state index is 13.4. The Labute approximate surface area is 170 Å². The summed E-state index contributed by atoms with van der Waals surface area (Å²) in [5.74, 6) is -0.697. The van der Waals surface area contributed by atoms with E-state index in [9.17, 15) is 38.2 Å². The Morgan fingerprint density at radius 3 is 2.23 bits per heavy atom. The summed E-state index contributed by atoms with van der Waals surface area (Å²) in [6, 6.07) is 10.4. The minimum atomic E-state index is -5.11. The first kappa shape index (κ1) is 21.4. The molecule has 0 unspecified atom stereocenters. The number of anilines is 1. The van der Waals surface area contributed by atoms with Gasteiger partial charge >= 0.3 is 6.18 Å². The molecule has 31 heavy (non-hydrogen) atoms. The molecule has 0 aliphatic heterocycles. The SMILES string of the molecule is Nc1c(C(F)(F)F)nc(-c2ccc([N+](=O)[O-])cc2[N+](=O)[O-])n(Cc2ccccc2)c1=O. The summed E-state index contributed by atoms with van der Waals surface area (Å²) in [6.07, 6.45) is -5.11. The van der Waals surface area contributed by atoms with Gasteiger partial charge in [0.15, 0.2) is 11.5 Å². The van der Waals surface area contributed by atoms with Crippen LogP contribution in [0.5, 0.6) is 0 Å². The fourth-order valence-corrected chi connectivity index (χ4v) is 2.88. The van der Waals surface area contributed by atoms with Crippen LogP contribution < -0.4 is 11.3 Å². The second-order valence-corrected chi connectivity index (χ2v) is 6.29. The van der Waals surface area contributed by atoms with E-state index in [4.69, 9.17) is 5.73 Å². The molecule has 0 saturated carbocycles. The van der Waals surface area contributed by atoms with Crippen molar-refractivity contribution >= 4 is 17.1 Å². The van der Waals surface area contributed by atoms with Gasteiger partial charge < -0.3 is 5.73 Å². The number of rotatable bonds is 5. The Kier molecular flexibility index (Phi) is 5.43. The molecule has 0 atom stereocenters. The highest BCUT2D eigenvalue weighted by molar-refractivity contribution is 5.72. The average Bonchev–Trinajstić information content (AvgIpc) is 2.71. The van der Waals surface area contributed by atoms with Gasteiger partial charge in [-0.05, 0) is 11.6 Å². The zero-order valence-electron chi connectivity index (χ0n) is 15.4. The summed E-state index contributed by atoms with van der Waals surface area (Å²) in [4.78, 5) is 36.7. The molecule has 0 spiro atoms. The summed E-state index contributed by atoms with van der Waals surface area (Å²) in [7, 11) is 0. The highest BCUT2D eigenvalue weighted by atomic mass is 19.4. The van der Waals surface area contributed by atoms with Gasteiger partial charge in [-0.15, -0.1) is 0 Å². The molecular formula is C18H12F3N5O5. The third-order valence-corrected chi connectivity index (χ3v) is 4.29. The third-order valence-electron chi connectivity index (χ3n) is 4.29. The fraction of sp³-hybridized carbons (Fsp3) is 0.111. The zero-order chi connectivity index (χ0) is 22.9. The number of nitro groups is 2. The van der Waals surface area contributed by atoms with Gasteiger partial charge in [-0.3, -0.25) is 29.6 Å². The van der Waals surface area contributed by atoms with E-state index < -0.39 is 55.7 Å². The highest BCUT2D eigenvalue weighted by Gasteiger charge is 2.38. The first-order valence-corrected chi connectivity index (χ1v) is 8.45. The van der Waals surface area contributed by atoms with Gasteiger partial charge in [-0.1, -0.05) is 30.3 Å². The number of nitro benzene ring substituents is 2. The number of nitrogens with zero attached hydrogens (tertiary/aromatic N) is 4. The number of alkyl halides is 3. The van der Waals surface area contributed by atoms with Crippen LogP contribution in [0.3, 0.4) is 0 Å². The van der Waals surface area contributed by atoms with Gasteiger partial charge in [0.2, 0.25) is 0 Å². The van der Waals surface area contributed by atoms with Crippen LogP contribution in [0.1, 0.15) is 11.3 Å². The number of hydrogen-bond donors (Lipinski definition) is 1. The van der Waals surface area contributed by atoms with Crippen molar-refractivity contribution in [2.75, 3.05) is 5.73 Å². The second-order valence-electron chi connectivity index (χ2n) is 6.29. The van der Waals surface area contributed by atoms with E-state index in [2.05, 4.69) is 4.98 Å². The number of benzene rings is 2. The van der Waals surface area contributed by atoms with Crippen molar-refractivity contribution in [3.05, 3.63) is 90.4 Å². The molecule has 1 aromatic heterocycles. The molecule has 0 bridgehead atoms. The summed E-state index contributed by atoms with van der Waals surface area (Å²) in [6.45, 7) is -0.293. The van der Waals surface area contributed by atoms with Gasteiger partial charge in [0.05, 0.1) is 28.0 Å². The molecule has 0 saturated heterocycles. The summed E-state index contributed by atoms with van der Waals surface area (Å²) >= 11 is 0. The van der Waals surface area contributed by atoms with Crippen LogP contribution in [0.15, 0.2) is 53.3 Å². The van der Waals surface area contributed by atoms with Crippen LogP contribution in [0, 0.1) is 20.2 Å². The number of hydrogen-bond acceptors (Lipinski definition) is 7. The molecule has 0 aliphatic rings. The van der Waals surface area contributed by atoms with Crippen LogP contribution in [0.25, 0.3) is 11.4 Å². The molecule has 2 N–H and O–H groups in total. The van der Waals surface area contributed by atoms with E-state index in [0.717, 1.165) is 16.7 Å². The molecule has 3 rings (SSSR count). The number of non-ortho nitro benzene ring substituents is 1. The molecule has 160 valence electrons. The fourth-order valence-electron chi connectivity index (χ4n) is 2.88. The van der Waals surface area contributed by atoms with Crippen molar-refractivity contribution in [3.8, 4) is 11.4 Å². The monoisotopic (exact) mass is 435 g/mol. The molecule has 0 amide bonds. The standard InChI is InChI=1S/C18H12F3N5O5/c19-18(20,21)15-14(22)17(27)24(9-10-4-2-1-3-5-10)16(23-15)12-7-6-11(25(28)29)8-13(12)26(30)31/h1-8H,9,22H2. The van der Waals surface area contributed by atoms with E-state index in [1.54, 1.807) is 30.3 Å². The third kappa shape index (κ3) is 4.19. The normalized spacial score (nSPS) is 11.3. The van der Waals surface area contributed by atoms with Gasteiger partial charge in [-0.25, -0.2) is 4.98 Å².